The summed E-state index contributed by atoms with van der Waals surface area (Å²) in [7, 11) is 0. The van der Waals surface area contributed by atoms with Crippen LogP contribution in [0.5, 0.6) is 5.75 Å². The zero-order chi connectivity index (χ0) is 36.5. The number of anilines is 2. The molecule has 1 fully saturated rings. The van der Waals surface area contributed by atoms with E-state index >= 15 is 4.39 Å². The Morgan fingerprint density at radius 3 is 2.08 bits per heavy atom. The monoisotopic (exact) mass is 695 g/mol. The quantitative estimate of drug-likeness (QED) is 0.215. The lowest BCUT2D eigenvalue weighted by Gasteiger charge is -2.32. The van der Waals surface area contributed by atoms with E-state index in [1.807, 2.05) is 0 Å². The number of halogens is 4. The van der Waals surface area contributed by atoms with Crippen molar-refractivity contribution in [1.29, 1.82) is 0 Å². The van der Waals surface area contributed by atoms with Gasteiger partial charge in [-0.15, -0.1) is 0 Å². The minimum atomic E-state index is -5.55. The maximum absolute atomic E-state index is 16.8. The van der Waals surface area contributed by atoms with Crippen LogP contribution in [0, 0.1) is 11.7 Å². The van der Waals surface area contributed by atoms with Crippen LogP contribution >= 0.6 is 0 Å². The lowest BCUT2D eigenvalue weighted by molar-refractivity contribution is -0.171. The van der Waals surface area contributed by atoms with Crippen molar-refractivity contribution in [2.75, 3.05) is 29.4 Å². The fourth-order valence-corrected chi connectivity index (χ4v) is 5.40. The number of alkyl halides is 3. The van der Waals surface area contributed by atoms with Crippen molar-refractivity contribution >= 4 is 35.4 Å². The average Bonchev–Trinajstić information content (AvgIpc) is 3.70. The number of hydrogen-bond acceptors (Lipinski definition) is 7. The Labute approximate surface area is 281 Å². The second-order valence-corrected chi connectivity index (χ2v) is 14.1. The van der Waals surface area contributed by atoms with E-state index in [2.05, 4.69) is 0 Å². The lowest BCUT2D eigenvalue weighted by Crippen LogP contribution is -2.48. The average molecular weight is 696 g/mol. The van der Waals surface area contributed by atoms with Gasteiger partial charge in [0.1, 0.15) is 35.8 Å². The molecule has 49 heavy (non-hydrogen) atoms. The zero-order valence-corrected chi connectivity index (χ0v) is 28.2. The Morgan fingerprint density at radius 1 is 0.939 bits per heavy atom. The summed E-state index contributed by atoms with van der Waals surface area (Å²) in [5.41, 5.74) is -3.07. The molecule has 1 aliphatic carbocycles. The molecule has 11 nitrogen and oxygen atoms in total. The number of carboxylic acid groups (broad SMARTS) is 1. The first-order chi connectivity index (χ1) is 22.6. The predicted molar refractivity (Wildman–Crippen MR) is 170 cm³/mol. The molecule has 0 aromatic heterocycles. The molecule has 2 aromatic rings. The molecule has 1 aliphatic heterocycles. The summed E-state index contributed by atoms with van der Waals surface area (Å²) in [5.74, 6) is -5.65. The van der Waals surface area contributed by atoms with E-state index in [4.69, 9.17) is 14.2 Å². The molecule has 0 spiro atoms. The standard InChI is InChI=1S/C34H41F4N3O8/c1-32(2,3)48-26(42)18-40(29(43)34(36,37)38)28-25(47-19-21-10-8-7-9-11-21)15-24-23(27(28)35)14-22(41(24)30(44)45)17-39(16-20-12-13-20)31(46)49-33(4,5)6/h7-11,15,20,22H,12-14,16-19H2,1-6H3,(H,44,45)/t22-/m1/s1. The molecule has 4 rings (SSSR count). The van der Waals surface area contributed by atoms with E-state index in [-0.39, 0.29) is 48.2 Å². The van der Waals surface area contributed by atoms with Gasteiger partial charge in [0.15, 0.2) is 5.82 Å². The van der Waals surface area contributed by atoms with E-state index in [0.29, 0.717) is 5.56 Å². The number of fused-ring (bicyclic) bond motifs is 1. The topological polar surface area (TPSA) is 126 Å². The second-order valence-electron chi connectivity index (χ2n) is 14.1. The van der Waals surface area contributed by atoms with Gasteiger partial charge in [0, 0.05) is 31.1 Å². The van der Waals surface area contributed by atoms with E-state index < -0.39 is 71.3 Å². The third-order valence-electron chi connectivity index (χ3n) is 7.51. The molecule has 0 bridgehead atoms. The minimum Gasteiger partial charge on any atom is -0.487 e. The minimum absolute atomic E-state index is 0.0947. The summed E-state index contributed by atoms with van der Waals surface area (Å²) in [6, 6.07) is 8.27. The Balaban J connectivity index is 1.82. The van der Waals surface area contributed by atoms with E-state index in [9.17, 15) is 37.5 Å². The first-order valence-electron chi connectivity index (χ1n) is 15.8. The van der Waals surface area contributed by atoms with Crippen molar-refractivity contribution < 1.29 is 56.1 Å². The van der Waals surface area contributed by atoms with Crippen LogP contribution in [-0.2, 0) is 32.1 Å². The molecule has 1 saturated carbocycles. The smallest absolute Gasteiger partial charge is 0.471 e. The molecule has 0 unspecified atom stereocenters. The summed E-state index contributed by atoms with van der Waals surface area (Å²) in [6.07, 6.45) is -6.42. The summed E-state index contributed by atoms with van der Waals surface area (Å²) in [5, 5.41) is 10.3. The van der Waals surface area contributed by atoms with Gasteiger partial charge >= 0.3 is 30.2 Å². The normalized spacial score (nSPS) is 16.1. The maximum atomic E-state index is 16.8. The number of ether oxygens (including phenoxy) is 3. The highest BCUT2D eigenvalue weighted by atomic mass is 19.4. The summed E-state index contributed by atoms with van der Waals surface area (Å²) >= 11 is 0. The first kappa shape index (κ1) is 37.3. The van der Waals surface area contributed by atoms with Gasteiger partial charge in [-0.3, -0.25) is 19.4 Å². The molecular formula is C34H41F4N3O8. The van der Waals surface area contributed by atoms with Crippen LogP contribution in [0.25, 0.3) is 0 Å². The molecule has 268 valence electrons. The third-order valence-corrected chi connectivity index (χ3v) is 7.51. The molecule has 1 N–H and O–H groups in total. The van der Waals surface area contributed by atoms with Gasteiger partial charge in [0.2, 0.25) is 0 Å². The zero-order valence-electron chi connectivity index (χ0n) is 28.2. The van der Waals surface area contributed by atoms with Crippen molar-refractivity contribution in [1.82, 2.24) is 4.90 Å². The van der Waals surface area contributed by atoms with Crippen LogP contribution in [-0.4, -0.2) is 77.1 Å². The number of nitrogens with zero attached hydrogens (tertiary/aromatic N) is 3. The third kappa shape index (κ3) is 9.76. The SMILES string of the molecule is CC(C)(C)OC(=O)CN(C(=O)C(F)(F)F)c1c(OCc2ccccc2)cc2c(c1F)C[C@H](CN(CC1CC1)C(=O)OC(C)(C)C)N2C(=O)O. The highest BCUT2D eigenvalue weighted by Gasteiger charge is 2.48. The second kappa shape index (κ2) is 14.1. The largest absolute Gasteiger partial charge is 0.487 e. The van der Waals surface area contributed by atoms with Crippen LogP contribution in [0.3, 0.4) is 0 Å². The van der Waals surface area contributed by atoms with E-state index in [1.54, 1.807) is 51.1 Å². The number of hydrogen-bond donors (Lipinski definition) is 1. The lowest BCUT2D eigenvalue weighted by atomic mass is 10.1. The summed E-state index contributed by atoms with van der Waals surface area (Å²) < 4.78 is 75.3. The summed E-state index contributed by atoms with van der Waals surface area (Å²) in [6.45, 7) is 7.84. The number of esters is 1. The molecule has 3 amide bonds. The molecule has 1 atom stereocenters. The number of amides is 3. The molecular weight excluding hydrogens is 654 g/mol. The Morgan fingerprint density at radius 2 is 1.55 bits per heavy atom. The molecule has 0 radical (unpaired) electrons. The van der Waals surface area contributed by atoms with Crippen LogP contribution in [0.1, 0.15) is 65.5 Å². The van der Waals surface area contributed by atoms with Gasteiger partial charge in [0.25, 0.3) is 0 Å². The number of rotatable bonds is 10. The van der Waals surface area contributed by atoms with E-state index in [1.165, 1.54) is 25.7 Å². The molecule has 2 aromatic carbocycles. The van der Waals surface area contributed by atoms with Crippen molar-refractivity contribution in [3.63, 3.8) is 0 Å². The highest BCUT2D eigenvalue weighted by Crippen LogP contribution is 2.46. The van der Waals surface area contributed by atoms with Crippen LogP contribution < -0.4 is 14.5 Å². The Bertz CT molecular complexity index is 1570. The fraction of sp³-hybridized carbons (Fsp3) is 0.529. The Hall–Kier alpha value is -4.56. The van der Waals surface area contributed by atoms with Crippen LogP contribution in [0.2, 0.25) is 0 Å². The summed E-state index contributed by atoms with van der Waals surface area (Å²) in [4.78, 5) is 53.6. The first-order valence-corrected chi connectivity index (χ1v) is 15.8. The van der Waals surface area contributed by atoms with Gasteiger partial charge in [-0.05, 0) is 65.9 Å². The van der Waals surface area contributed by atoms with Gasteiger partial charge in [-0.25, -0.2) is 14.0 Å². The van der Waals surface area contributed by atoms with Crippen molar-refractivity contribution in [2.24, 2.45) is 5.92 Å². The Kier molecular flexibility index (Phi) is 10.7. The van der Waals surface area contributed by atoms with Crippen molar-refractivity contribution in [3.8, 4) is 5.75 Å². The van der Waals surface area contributed by atoms with Gasteiger partial charge in [0.05, 0.1) is 11.7 Å². The molecule has 15 heteroatoms. The highest BCUT2D eigenvalue weighted by molar-refractivity contribution is 6.03. The molecule has 1 heterocycles. The number of carbonyl (C=O) groups is 4. The predicted octanol–water partition coefficient (Wildman–Crippen LogP) is 6.70. The fourth-order valence-electron chi connectivity index (χ4n) is 5.40. The van der Waals surface area contributed by atoms with Gasteiger partial charge in [-0.2, -0.15) is 13.2 Å². The van der Waals surface area contributed by atoms with E-state index in [0.717, 1.165) is 23.8 Å². The van der Waals surface area contributed by atoms with Crippen LogP contribution in [0.4, 0.5) is 38.5 Å². The molecule has 0 saturated heterocycles. The van der Waals surface area contributed by atoms with Crippen molar-refractivity contribution in [2.45, 2.75) is 90.8 Å². The van der Waals surface area contributed by atoms with Gasteiger partial charge < -0.3 is 24.2 Å². The van der Waals surface area contributed by atoms with Crippen LogP contribution in [0.15, 0.2) is 36.4 Å². The number of benzene rings is 2. The number of carbonyl (C=O) groups excluding carboxylic acids is 3. The maximum Gasteiger partial charge on any atom is 0.471 e. The van der Waals surface area contributed by atoms with Crippen molar-refractivity contribution in [3.05, 3.63) is 53.3 Å². The van der Waals surface area contributed by atoms with Gasteiger partial charge in [-0.1, -0.05) is 30.3 Å². The molecule has 2 aliphatic rings.